The average molecular weight is 392 g/mol. The van der Waals surface area contributed by atoms with Crippen molar-refractivity contribution in [2.24, 2.45) is 0 Å². The Kier molecular flexibility index (Phi) is 6.25. The quantitative estimate of drug-likeness (QED) is 0.588. The van der Waals surface area contributed by atoms with E-state index >= 15 is 0 Å². The smallest absolute Gasteiger partial charge is 0.253 e. The van der Waals surface area contributed by atoms with Gasteiger partial charge in [-0.3, -0.25) is 4.79 Å². The number of hydrogen-bond acceptors (Lipinski definition) is 4. The predicted molar refractivity (Wildman–Crippen MR) is 113 cm³/mol. The van der Waals surface area contributed by atoms with Crippen LogP contribution in [0.5, 0.6) is 0 Å². The van der Waals surface area contributed by atoms with Gasteiger partial charge in [0, 0.05) is 32.2 Å². The van der Waals surface area contributed by atoms with Gasteiger partial charge in [-0.05, 0) is 55.9 Å². The number of hydrogen-bond donors (Lipinski definition) is 0. The maximum atomic E-state index is 12.8. The number of carbonyl (C=O) groups excluding carboxylic acids is 1. The van der Waals surface area contributed by atoms with Crippen molar-refractivity contribution >= 4 is 17.0 Å². The summed E-state index contributed by atoms with van der Waals surface area (Å²) in [6.07, 6.45) is 6.21. The molecule has 1 unspecified atom stereocenters. The number of benzene rings is 2. The van der Waals surface area contributed by atoms with Gasteiger partial charge in [-0.15, -0.1) is 0 Å². The van der Waals surface area contributed by atoms with Crippen LogP contribution in [-0.2, 0) is 17.6 Å². The van der Waals surface area contributed by atoms with Gasteiger partial charge in [0.05, 0.1) is 6.10 Å². The lowest BCUT2D eigenvalue weighted by atomic mass is 10.1. The van der Waals surface area contributed by atoms with Gasteiger partial charge in [0.1, 0.15) is 5.52 Å². The predicted octanol–water partition coefficient (Wildman–Crippen LogP) is 4.64. The monoisotopic (exact) mass is 392 g/mol. The van der Waals surface area contributed by atoms with Crippen LogP contribution in [0.1, 0.15) is 47.5 Å². The Hall–Kier alpha value is -2.66. The molecule has 1 aliphatic rings. The molecular formula is C24H28N2O3. The molecule has 1 atom stereocenters. The minimum Gasteiger partial charge on any atom is -0.441 e. The maximum absolute atomic E-state index is 12.8. The fraction of sp³-hybridized carbons (Fsp3) is 0.417. The van der Waals surface area contributed by atoms with Gasteiger partial charge in [-0.2, -0.15) is 0 Å². The van der Waals surface area contributed by atoms with Crippen LogP contribution in [0.25, 0.3) is 11.1 Å². The summed E-state index contributed by atoms with van der Waals surface area (Å²) < 4.78 is 11.6. The molecule has 29 heavy (non-hydrogen) atoms. The Morgan fingerprint density at radius 1 is 1.14 bits per heavy atom. The number of aromatic nitrogens is 1. The molecule has 1 fully saturated rings. The summed E-state index contributed by atoms with van der Waals surface area (Å²) in [7, 11) is 1.84. The van der Waals surface area contributed by atoms with Crippen LogP contribution >= 0.6 is 0 Å². The zero-order valence-corrected chi connectivity index (χ0v) is 17.0. The van der Waals surface area contributed by atoms with Crippen LogP contribution < -0.4 is 0 Å². The summed E-state index contributed by atoms with van der Waals surface area (Å²) in [6, 6.07) is 15.9. The Morgan fingerprint density at radius 3 is 2.79 bits per heavy atom. The van der Waals surface area contributed by atoms with Gasteiger partial charge in [-0.1, -0.05) is 30.3 Å². The van der Waals surface area contributed by atoms with E-state index < -0.39 is 0 Å². The van der Waals surface area contributed by atoms with Crippen molar-refractivity contribution in [3.05, 3.63) is 65.5 Å². The number of amides is 1. The molecule has 0 radical (unpaired) electrons. The summed E-state index contributed by atoms with van der Waals surface area (Å²) in [6.45, 7) is 1.42. The van der Waals surface area contributed by atoms with Crippen LogP contribution in [0.4, 0.5) is 0 Å². The first-order valence-electron chi connectivity index (χ1n) is 10.5. The Morgan fingerprint density at radius 2 is 2.00 bits per heavy atom. The molecule has 0 aliphatic carbocycles. The second-order valence-corrected chi connectivity index (χ2v) is 7.80. The highest BCUT2D eigenvalue weighted by molar-refractivity contribution is 5.97. The molecule has 5 nitrogen and oxygen atoms in total. The van der Waals surface area contributed by atoms with E-state index in [9.17, 15) is 4.79 Å². The number of fused-ring (bicyclic) bond motifs is 1. The Labute approximate surface area is 171 Å². The standard InChI is InChI=1S/C24H28N2O3/c1-26(17-20-11-5-6-15-28-20)24(27)19-13-14-22-21(16-19)25-23(29-22)12-7-10-18-8-3-2-4-9-18/h2-4,8-9,13-14,16,20H,5-7,10-12,15,17H2,1H3. The number of aryl methyl sites for hydroxylation is 2. The fourth-order valence-corrected chi connectivity index (χ4v) is 3.86. The topological polar surface area (TPSA) is 55.6 Å². The number of carbonyl (C=O) groups is 1. The molecule has 4 rings (SSSR count). The lowest BCUT2D eigenvalue weighted by Gasteiger charge is -2.27. The molecule has 1 aliphatic heterocycles. The summed E-state index contributed by atoms with van der Waals surface area (Å²) in [5.74, 6) is 0.721. The van der Waals surface area contributed by atoms with E-state index in [1.807, 2.05) is 31.3 Å². The van der Waals surface area contributed by atoms with Gasteiger partial charge in [0.15, 0.2) is 11.5 Å². The first kappa shape index (κ1) is 19.6. The summed E-state index contributed by atoms with van der Waals surface area (Å²) in [5, 5.41) is 0. The maximum Gasteiger partial charge on any atom is 0.253 e. The number of ether oxygens (including phenoxy) is 1. The molecule has 1 saturated heterocycles. The van der Waals surface area contributed by atoms with E-state index in [1.165, 1.54) is 12.0 Å². The second kappa shape index (κ2) is 9.23. The van der Waals surface area contributed by atoms with E-state index in [0.29, 0.717) is 12.1 Å². The number of oxazole rings is 1. The van der Waals surface area contributed by atoms with Crippen LogP contribution in [-0.4, -0.2) is 42.1 Å². The summed E-state index contributed by atoms with van der Waals surface area (Å²) in [5.41, 5.74) is 3.43. The van der Waals surface area contributed by atoms with Crippen LogP contribution in [0.2, 0.25) is 0 Å². The van der Waals surface area contributed by atoms with E-state index in [0.717, 1.165) is 55.7 Å². The second-order valence-electron chi connectivity index (χ2n) is 7.80. The van der Waals surface area contributed by atoms with Crippen molar-refractivity contribution < 1.29 is 13.9 Å². The van der Waals surface area contributed by atoms with Gasteiger partial charge in [0.2, 0.25) is 0 Å². The molecule has 1 aromatic heterocycles. The zero-order valence-electron chi connectivity index (χ0n) is 17.0. The molecular weight excluding hydrogens is 364 g/mol. The van der Waals surface area contributed by atoms with E-state index in [-0.39, 0.29) is 12.0 Å². The first-order chi connectivity index (χ1) is 14.2. The number of rotatable bonds is 7. The van der Waals surface area contributed by atoms with Crippen molar-refractivity contribution in [3.63, 3.8) is 0 Å². The minimum absolute atomic E-state index is 0.00491. The summed E-state index contributed by atoms with van der Waals surface area (Å²) in [4.78, 5) is 19.2. The van der Waals surface area contributed by atoms with Crippen LogP contribution in [0, 0.1) is 0 Å². The first-order valence-corrected chi connectivity index (χ1v) is 10.5. The molecule has 0 N–H and O–H groups in total. The van der Waals surface area contributed by atoms with Crippen LogP contribution in [0.3, 0.4) is 0 Å². The largest absolute Gasteiger partial charge is 0.441 e. The molecule has 0 saturated carbocycles. The Balaban J connectivity index is 1.37. The third-order valence-electron chi connectivity index (χ3n) is 5.48. The van der Waals surface area contributed by atoms with Crippen molar-refractivity contribution in [2.45, 2.75) is 44.6 Å². The molecule has 0 spiro atoms. The highest BCUT2D eigenvalue weighted by Crippen LogP contribution is 2.20. The average Bonchev–Trinajstić information content (AvgIpc) is 3.16. The minimum atomic E-state index is -0.00491. The van der Waals surface area contributed by atoms with Gasteiger partial charge in [-0.25, -0.2) is 4.98 Å². The fourth-order valence-electron chi connectivity index (χ4n) is 3.86. The Bertz CT molecular complexity index is 945. The highest BCUT2D eigenvalue weighted by atomic mass is 16.5. The summed E-state index contributed by atoms with van der Waals surface area (Å²) >= 11 is 0. The van der Waals surface area contributed by atoms with Crippen molar-refractivity contribution in [2.75, 3.05) is 20.2 Å². The molecule has 0 bridgehead atoms. The van der Waals surface area contributed by atoms with Gasteiger partial charge < -0.3 is 14.1 Å². The molecule has 5 heteroatoms. The molecule has 1 amide bonds. The lowest BCUT2D eigenvalue weighted by molar-refractivity contribution is -0.000184. The molecule has 2 aromatic carbocycles. The molecule has 3 aromatic rings. The van der Waals surface area contributed by atoms with Crippen molar-refractivity contribution in [1.82, 2.24) is 9.88 Å². The lowest BCUT2D eigenvalue weighted by Crippen LogP contribution is -2.37. The van der Waals surface area contributed by atoms with E-state index in [2.05, 4.69) is 29.2 Å². The third kappa shape index (κ3) is 5.04. The SMILES string of the molecule is CN(CC1CCCCO1)C(=O)c1ccc2oc(CCCc3ccccc3)nc2c1. The van der Waals surface area contributed by atoms with E-state index in [4.69, 9.17) is 9.15 Å². The molecule has 152 valence electrons. The van der Waals surface area contributed by atoms with Crippen LogP contribution in [0.15, 0.2) is 52.9 Å². The van der Waals surface area contributed by atoms with Crippen molar-refractivity contribution in [1.29, 1.82) is 0 Å². The van der Waals surface area contributed by atoms with Gasteiger partial charge in [0.25, 0.3) is 5.91 Å². The molecule has 2 heterocycles. The zero-order chi connectivity index (χ0) is 20.1. The normalized spacial score (nSPS) is 16.8. The van der Waals surface area contributed by atoms with Gasteiger partial charge >= 0.3 is 0 Å². The number of nitrogens with zero attached hydrogens (tertiary/aromatic N) is 2. The third-order valence-corrected chi connectivity index (χ3v) is 5.48. The van der Waals surface area contributed by atoms with Crippen molar-refractivity contribution in [3.8, 4) is 0 Å². The highest BCUT2D eigenvalue weighted by Gasteiger charge is 2.20. The number of likely N-dealkylation sites (N-methyl/N-ethyl adjacent to an activating group) is 1. The van der Waals surface area contributed by atoms with E-state index in [1.54, 1.807) is 4.90 Å².